The van der Waals surface area contributed by atoms with Crippen LogP contribution < -0.4 is 10.6 Å². The third-order valence-corrected chi connectivity index (χ3v) is 1.70. The van der Waals surface area contributed by atoms with Crippen LogP contribution >= 0.6 is 9.47 Å². The highest BCUT2D eigenvalue weighted by atomic mass is 31.0. The Bertz CT molecular complexity index is 125. The number of nitrogens with one attached hydrogen (secondary N) is 2. The maximum atomic E-state index is 10.6. The highest BCUT2D eigenvalue weighted by Gasteiger charge is 2.16. The van der Waals surface area contributed by atoms with E-state index in [1.54, 1.807) is 0 Å². The van der Waals surface area contributed by atoms with Crippen molar-refractivity contribution in [2.24, 2.45) is 0 Å². The van der Waals surface area contributed by atoms with Gasteiger partial charge in [0.15, 0.2) is 0 Å². The standard InChI is InChI=1S/C5H11N2O2P/c8-5(9-10)7-4-1-2-6-3-4/h4,6H,1-3,10H2,(H,7,8)/t4-/m1/s1. The molecule has 1 saturated heterocycles. The molecule has 0 spiro atoms. The summed E-state index contributed by atoms with van der Waals surface area (Å²) in [4.78, 5) is 10.6. The van der Waals surface area contributed by atoms with Crippen molar-refractivity contribution in [1.29, 1.82) is 0 Å². The summed E-state index contributed by atoms with van der Waals surface area (Å²) in [6.45, 7) is 1.82. The SMILES string of the molecule is O=C(N[C@@H]1CCNC1)OP. The van der Waals surface area contributed by atoms with E-state index >= 15 is 0 Å². The monoisotopic (exact) mass is 162 g/mol. The van der Waals surface area contributed by atoms with Crippen molar-refractivity contribution in [3.8, 4) is 0 Å². The van der Waals surface area contributed by atoms with Gasteiger partial charge in [-0.25, -0.2) is 4.79 Å². The van der Waals surface area contributed by atoms with Gasteiger partial charge >= 0.3 is 6.09 Å². The molecule has 1 rings (SSSR count). The molecule has 0 saturated carbocycles. The molecule has 58 valence electrons. The smallest absolute Gasteiger partial charge is 0.409 e. The van der Waals surface area contributed by atoms with Gasteiger partial charge in [-0.2, -0.15) is 0 Å². The van der Waals surface area contributed by atoms with Crippen molar-refractivity contribution < 1.29 is 9.32 Å². The van der Waals surface area contributed by atoms with Gasteiger partial charge in [-0.1, -0.05) is 0 Å². The van der Waals surface area contributed by atoms with Gasteiger partial charge in [0.25, 0.3) is 0 Å². The van der Waals surface area contributed by atoms with E-state index in [9.17, 15) is 4.79 Å². The minimum Gasteiger partial charge on any atom is -0.435 e. The molecule has 1 fully saturated rings. The fourth-order valence-corrected chi connectivity index (χ4v) is 1.05. The van der Waals surface area contributed by atoms with Gasteiger partial charge < -0.3 is 15.2 Å². The van der Waals surface area contributed by atoms with Crippen LogP contribution in [0.25, 0.3) is 0 Å². The van der Waals surface area contributed by atoms with E-state index in [1.807, 2.05) is 9.47 Å². The Morgan fingerprint density at radius 2 is 2.60 bits per heavy atom. The van der Waals surface area contributed by atoms with E-state index in [1.165, 1.54) is 0 Å². The number of hydrogen-bond donors (Lipinski definition) is 2. The maximum Gasteiger partial charge on any atom is 0.409 e. The minimum atomic E-state index is -0.376. The summed E-state index contributed by atoms with van der Waals surface area (Å²) in [6, 6.07) is 0.244. The van der Waals surface area contributed by atoms with Crippen LogP contribution in [0, 0.1) is 0 Å². The molecule has 1 unspecified atom stereocenters. The molecule has 1 aliphatic heterocycles. The third-order valence-electron chi connectivity index (χ3n) is 1.49. The van der Waals surface area contributed by atoms with Gasteiger partial charge in [0.05, 0.1) is 9.47 Å². The topological polar surface area (TPSA) is 50.4 Å². The molecule has 0 aromatic heterocycles. The van der Waals surface area contributed by atoms with Gasteiger partial charge in [-0.3, -0.25) is 0 Å². The van der Waals surface area contributed by atoms with Crippen LogP contribution in [0.5, 0.6) is 0 Å². The second kappa shape index (κ2) is 3.74. The highest BCUT2D eigenvalue weighted by Crippen LogP contribution is 1.98. The molecule has 2 atom stereocenters. The molecule has 0 aromatic rings. The van der Waals surface area contributed by atoms with Crippen LogP contribution in [-0.4, -0.2) is 25.2 Å². The number of carbonyl (C=O) groups excluding carboxylic acids is 1. The Morgan fingerprint density at radius 3 is 3.10 bits per heavy atom. The number of amides is 1. The molecular weight excluding hydrogens is 151 g/mol. The summed E-state index contributed by atoms with van der Waals surface area (Å²) in [6.07, 6.45) is 0.610. The highest BCUT2D eigenvalue weighted by molar-refractivity contribution is 7.10. The van der Waals surface area contributed by atoms with Crippen molar-refractivity contribution in [3.63, 3.8) is 0 Å². The van der Waals surface area contributed by atoms with E-state index in [-0.39, 0.29) is 12.1 Å². The molecule has 0 bridgehead atoms. The van der Waals surface area contributed by atoms with Gasteiger partial charge in [0, 0.05) is 12.6 Å². The molecule has 0 radical (unpaired) electrons. The average molecular weight is 162 g/mol. The largest absolute Gasteiger partial charge is 0.435 e. The first-order valence-electron chi connectivity index (χ1n) is 3.21. The van der Waals surface area contributed by atoms with Crippen molar-refractivity contribution in [2.75, 3.05) is 13.1 Å². The summed E-state index contributed by atoms with van der Waals surface area (Å²) in [5, 5.41) is 5.81. The molecule has 0 aromatic carbocycles. The van der Waals surface area contributed by atoms with Crippen molar-refractivity contribution in [2.45, 2.75) is 12.5 Å². The second-order valence-corrected chi connectivity index (χ2v) is 2.48. The predicted molar refractivity (Wildman–Crippen MR) is 40.6 cm³/mol. The molecule has 5 heteroatoms. The Kier molecular flexibility index (Phi) is 2.90. The van der Waals surface area contributed by atoms with Gasteiger partial charge in [0.2, 0.25) is 0 Å². The minimum absolute atomic E-state index is 0.244. The maximum absolute atomic E-state index is 10.6. The fourth-order valence-electron chi connectivity index (χ4n) is 0.979. The van der Waals surface area contributed by atoms with E-state index in [2.05, 4.69) is 15.2 Å². The zero-order valence-corrected chi connectivity index (χ0v) is 6.75. The molecule has 1 aliphatic rings. The normalized spacial score (nSPS) is 24.3. The van der Waals surface area contributed by atoms with Gasteiger partial charge in [0.1, 0.15) is 0 Å². The Labute approximate surface area is 62.0 Å². The van der Waals surface area contributed by atoms with Crippen LogP contribution in [0.3, 0.4) is 0 Å². The number of carbonyl (C=O) groups is 1. The fraction of sp³-hybridized carbons (Fsp3) is 0.800. The van der Waals surface area contributed by atoms with Crippen LogP contribution in [0.1, 0.15) is 6.42 Å². The lowest BCUT2D eigenvalue weighted by Crippen LogP contribution is -2.35. The summed E-state index contributed by atoms with van der Waals surface area (Å²) >= 11 is 0. The molecule has 1 heterocycles. The molecule has 2 N–H and O–H groups in total. The third kappa shape index (κ3) is 2.12. The Hall–Kier alpha value is -0.340. The van der Waals surface area contributed by atoms with E-state index in [4.69, 9.17) is 0 Å². The molecular formula is C5H11N2O2P. The predicted octanol–water partition coefficient (Wildman–Crippen LogP) is -0.135. The van der Waals surface area contributed by atoms with Crippen LogP contribution in [0.2, 0.25) is 0 Å². The number of rotatable bonds is 1. The summed E-state index contributed by atoms with van der Waals surface area (Å²) in [7, 11) is 1.91. The van der Waals surface area contributed by atoms with Crippen molar-refractivity contribution in [3.05, 3.63) is 0 Å². The van der Waals surface area contributed by atoms with Crippen molar-refractivity contribution >= 4 is 15.6 Å². The van der Waals surface area contributed by atoms with E-state index in [0.717, 1.165) is 19.5 Å². The lowest BCUT2D eigenvalue weighted by molar-refractivity contribution is 0.204. The first-order chi connectivity index (χ1) is 4.83. The van der Waals surface area contributed by atoms with E-state index < -0.39 is 0 Å². The lowest BCUT2D eigenvalue weighted by Gasteiger charge is -2.08. The average Bonchev–Trinajstić information content (AvgIpc) is 2.40. The van der Waals surface area contributed by atoms with Crippen LogP contribution in [-0.2, 0) is 4.52 Å². The first-order valence-corrected chi connectivity index (χ1v) is 3.68. The van der Waals surface area contributed by atoms with Crippen LogP contribution in [0.4, 0.5) is 4.79 Å². The molecule has 0 aliphatic carbocycles. The van der Waals surface area contributed by atoms with Gasteiger partial charge in [-0.05, 0) is 13.0 Å². The summed E-state index contributed by atoms with van der Waals surface area (Å²) in [5.41, 5.74) is 0. The summed E-state index contributed by atoms with van der Waals surface area (Å²) < 4.78 is 4.35. The van der Waals surface area contributed by atoms with Gasteiger partial charge in [-0.15, -0.1) is 0 Å². The first kappa shape index (κ1) is 7.76. The molecule has 4 nitrogen and oxygen atoms in total. The zero-order valence-electron chi connectivity index (χ0n) is 5.59. The van der Waals surface area contributed by atoms with E-state index in [0.29, 0.717) is 0 Å². The van der Waals surface area contributed by atoms with Crippen LogP contribution in [0.15, 0.2) is 0 Å². The quantitative estimate of drug-likeness (QED) is 0.528. The zero-order chi connectivity index (χ0) is 7.40. The Morgan fingerprint density at radius 1 is 1.80 bits per heavy atom. The molecule has 10 heavy (non-hydrogen) atoms. The summed E-state index contributed by atoms with van der Waals surface area (Å²) in [5.74, 6) is 0. The number of hydrogen-bond acceptors (Lipinski definition) is 3. The Balaban J connectivity index is 2.17. The van der Waals surface area contributed by atoms with Crippen molar-refractivity contribution in [1.82, 2.24) is 10.6 Å². The second-order valence-electron chi connectivity index (χ2n) is 2.24. The molecule has 1 amide bonds. The lowest BCUT2D eigenvalue weighted by atomic mass is 10.3.